The lowest BCUT2D eigenvalue weighted by molar-refractivity contribution is -0.125. The number of likely N-dealkylation sites (N-methyl/N-ethyl adjacent to an activating group) is 1. The van der Waals surface area contributed by atoms with Crippen LogP contribution in [0.5, 0.6) is 0 Å². The van der Waals surface area contributed by atoms with Gasteiger partial charge in [-0.25, -0.2) is 0 Å². The van der Waals surface area contributed by atoms with E-state index in [9.17, 15) is 9.59 Å². The molecule has 1 aliphatic heterocycles. The van der Waals surface area contributed by atoms with Gasteiger partial charge >= 0.3 is 0 Å². The summed E-state index contributed by atoms with van der Waals surface area (Å²) in [7, 11) is 1.74. The number of hydrogen-bond acceptors (Lipinski definition) is 2. The second-order valence-corrected chi connectivity index (χ2v) is 6.66. The molecular formula is C16H11Br2NO2. The highest BCUT2D eigenvalue weighted by molar-refractivity contribution is 9.12. The fraction of sp³-hybridized carbons (Fsp3) is 0.125. The summed E-state index contributed by atoms with van der Waals surface area (Å²) in [5, 5.41) is 0. The van der Waals surface area contributed by atoms with Gasteiger partial charge in [0, 0.05) is 17.1 Å². The summed E-state index contributed by atoms with van der Waals surface area (Å²) >= 11 is 6.83. The fourth-order valence-electron chi connectivity index (χ4n) is 2.66. The zero-order valence-electron chi connectivity index (χ0n) is 11.1. The molecule has 0 saturated carbocycles. The summed E-state index contributed by atoms with van der Waals surface area (Å²) in [5.41, 5.74) is 1.08. The van der Waals surface area contributed by atoms with Gasteiger partial charge in [-0.2, -0.15) is 0 Å². The third-order valence-corrected chi connectivity index (χ3v) is 5.07. The number of rotatable bonds is 1. The Morgan fingerprint density at radius 3 is 2.14 bits per heavy atom. The van der Waals surface area contributed by atoms with E-state index in [1.165, 1.54) is 12.2 Å². The maximum Gasteiger partial charge on any atom is 0.262 e. The normalized spacial score (nSPS) is 20.0. The molecule has 0 saturated heterocycles. The minimum absolute atomic E-state index is 0.0698. The number of ketones is 1. The average molecular weight is 409 g/mol. The van der Waals surface area contributed by atoms with Gasteiger partial charge in [0.15, 0.2) is 5.78 Å². The number of carbonyl (C=O) groups is 2. The molecule has 0 aromatic heterocycles. The molecule has 2 aliphatic rings. The van der Waals surface area contributed by atoms with Crippen molar-refractivity contribution in [3.8, 4) is 0 Å². The van der Waals surface area contributed by atoms with E-state index < -0.39 is 5.54 Å². The molecule has 106 valence electrons. The smallest absolute Gasteiger partial charge is 0.262 e. The first-order valence-electron chi connectivity index (χ1n) is 6.32. The maximum atomic E-state index is 12.4. The number of benzene rings is 1. The molecule has 0 N–H and O–H groups in total. The lowest BCUT2D eigenvalue weighted by Gasteiger charge is -2.34. The number of halogens is 2. The lowest BCUT2D eigenvalue weighted by atomic mass is 9.83. The van der Waals surface area contributed by atoms with Crippen molar-refractivity contribution in [2.24, 2.45) is 0 Å². The van der Waals surface area contributed by atoms with Crippen LogP contribution in [0.4, 0.5) is 0 Å². The van der Waals surface area contributed by atoms with E-state index in [1.54, 1.807) is 24.1 Å². The van der Waals surface area contributed by atoms with Crippen LogP contribution >= 0.6 is 31.9 Å². The van der Waals surface area contributed by atoms with Gasteiger partial charge in [-0.3, -0.25) is 9.59 Å². The van der Waals surface area contributed by atoms with E-state index in [0.29, 0.717) is 4.48 Å². The summed E-state index contributed by atoms with van der Waals surface area (Å²) in [5.74, 6) is -0.170. The van der Waals surface area contributed by atoms with E-state index in [0.717, 1.165) is 15.6 Å². The first kappa shape index (κ1) is 14.5. The second-order valence-electron chi connectivity index (χ2n) is 4.95. The van der Waals surface area contributed by atoms with Crippen molar-refractivity contribution in [3.63, 3.8) is 0 Å². The van der Waals surface area contributed by atoms with Crippen molar-refractivity contribution >= 4 is 49.1 Å². The van der Waals surface area contributed by atoms with Crippen LogP contribution < -0.4 is 0 Å². The van der Waals surface area contributed by atoms with Gasteiger partial charge in [-0.1, -0.05) is 28.1 Å². The predicted molar refractivity (Wildman–Crippen MR) is 88.8 cm³/mol. The van der Waals surface area contributed by atoms with Gasteiger partial charge in [0.05, 0.1) is 4.48 Å². The summed E-state index contributed by atoms with van der Waals surface area (Å²) in [6.45, 7) is 0. The highest BCUT2D eigenvalue weighted by Crippen LogP contribution is 2.46. The predicted octanol–water partition coefficient (Wildman–Crippen LogP) is 3.46. The quantitative estimate of drug-likeness (QED) is 0.713. The van der Waals surface area contributed by atoms with Gasteiger partial charge in [0.1, 0.15) is 5.54 Å². The second kappa shape index (κ2) is 5.07. The first-order chi connectivity index (χ1) is 9.95. The number of amides is 1. The summed E-state index contributed by atoms with van der Waals surface area (Å²) in [6.07, 6.45) is 6.57. The van der Waals surface area contributed by atoms with E-state index >= 15 is 0 Å². The molecule has 1 aromatic rings. The summed E-state index contributed by atoms with van der Waals surface area (Å²) in [4.78, 5) is 25.5. The van der Waals surface area contributed by atoms with Gasteiger partial charge < -0.3 is 4.90 Å². The number of nitrogens with zero attached hydrogens (tertiary/aromatic N) is 1. The highest BCUT2D eigenvalue weighted by Gasteiger charge is 2.47. The third kappa shape index (κ3) is 2.15. The molecule has 0 fully saturated rings. The monoisotopic (exact) mass is 407 g/mol. The van der Waals surface area contributed by atoms with Gasteiger partial charge in [0.2, 0.25) is 0 Å². The van der Waals surface area contributed by atoms with Crippen LogP contribution in [0.25, 0.3) is 5.57 Å². The van der Waals surface area contributed by atoms with Crippen LogP contribution in [0.3, 0.4) is 0 Å². The zero-order valence-corrected chi connectivity index (χ0v) is 14.3. The van der Waals surface area contributed by atoms with Crippen LogP contribution in [-0.4, -0.2) is 29.2 Å². The molecule has 3 rings (SSSR count). The molecule has 0 unspecified atom stereocenters. The number of carbonyl (C=O) groups excluding carboxylic acids is 2. The number of allylic oxidation sites excluding steroid dienone is 2. The average Bonchev–Trinajstić information content (AvgIpc) is 2.66. The standard InChI is InChI=1S/C16H11Br2NO2/c1-19-15(21)14(18)13(10-2-4-11(17)5-3-10)16(19)8-6-12(20)7-9-16/h2-9H,1H3. The van der Waals surface area contributed by atoms with E-state index in [4.69, 9.17) is 0 Å². The Labute approximate surface area is 139 Å². The van der Waals surface area contributed by atoms with Crippen molar-refractivity contribution in [1.82, 2.24) is 4.90 Å². The minimum atomic E-state index is -0.711. The fourth-order valence-corrected chi connectivity index (χ4v) is 3.74. The molecule has 3 nitrogen and oxygen atoms in total. The summed E-state index contributed by atoms with van der Waals surface area (Å²) in [6, 6.07) is 7.76. The first-order valence-corrected chi connectivity index (χ1v) is 7.91. The van der Waals surface area contributed by atoms with E-state index in [2.05, 4.69) is 31.9 Å². The molecule has 1 aromatic carbocycles. The molecule has 21 heavy (non-hydrogen) atoms. The van der Waals surface area contributed by atoms with Crippen LogP contribution in [-0.2, 0) is 9.59 Å². The lowest BCUT2D eigenvalue weighted by Crippen LogP contribution is -2.43. The Balaban J connectivity index is 2.21. The van der Waals surface area contributed by atoms with Crippen LogP contribution in [0, 0.1) is 0 Å². The molecule has 1 amide bonds. The maximum absolute atomic E-state index is 12.4. The molecule has 5 heteroatoms. The van der Waals surface area contributed by atoms with Crippen molar-refractivity contribution in [2.45, 2.75) is 5.54 Å². The summed E-state index contributed by atoms with van der Waals surface area (Å²) < 4.78 is 1.50. The van der Waals surface area contributed by atoms with Gasteiger partial charge in [0.25, 0.3) is 5.91 Å². The molecule has 0 atom stereocenters. The van der Waals surface area contributed by atoms with Gasteiger partial charge in [-0.15, -0.1) is 0 Å². The van der Waals surface area contributed by atoms with Crippen LogP contribution in [0.1, 0.15) is 5.56 Å². The third-order valence-electron chi connectivity index (χ3n) is 3.80. The van der Waals surface area contributed by atoms with E-state index in [-0.39, 0.29) is 11.7 Å². The Morgan fingerprint density at radius 1 is 1.00 bits per heavy atom. The van der Waals surface area contributed by atoms with Gasteiger partial charge in [-0.05, 0) is 57.9 Å². The van der Waals surface area contributed by atoms with Crippen LogP contribution in [0.15, 0.2) is 57.5 Å². The Kier molecular flexibility index (Phi) is 3.50. The minimum Gasteiger partial charge on any atom is -0.324 e. The largest absolute Gasteiger partial charge is 0.324 e. The Morgan fingerprint density at radius 2 is 1.57 bits per heavy atom. The van der Waals surface area contributed by atoms with Crippen molar-refractivity contribution in [3.05, 3.63) is 63.1 Å². The molecule has 1 heterocycles. The molecular weight excluding hydrogens is 398 g/mol. The SMILES string of the molecule is CN1C(=O)C(Br)=C(c2ccc(Br)cc2)C12C=CC(=O)C=C2. The van der Waals surface area contributed by atoms with Crippen molar-refractivity contribution < 1.29 is 9.59 Å². The molecule has 0 radical (unpaired) electrons. The molecule has 1 aliphatic carbocycles. The highest BCUT2D eigenvalue weighted by atomic mass is 79.9. The van der Waals surface area contributed by atoms with Crippen molar-refractivity contribution in [2.75, 3.05) is 7.05 Å². The van der Waals surface area contributed by atoms with E-state index in [1.807, 2.05) is 24.3 Å². The number of hydrogen-bond donors (Lipinski definition) is 0. The molecule has 0 bridgehead atoms. The Hall–Kier alpha value is -1.46. The zero-order chi connectivity index (χ0) is 15.2. The molecule has 1 spiro atoms. The van der Waals surface area contributed by atoms with Crippen LogP contribution in [0.2, 0.25) is 0 Å². The topological polar surface area (TPSA) is 37.4 Å². The Bertz CT molecular complexity index is 713. The van der Waals surface area contributed by atoms with Crippen molar-refractivity contribution in [1.29, 1.82) is 0 Å².